The first-order valence-corrected chi connectivity index (χ1v) is 7.46. The third-order valence-corrected chi connectivity index (χ3v) is 4.07. The van der Waals surface area contributed by atoms with Crippen LogP contribution in [0.2, 0.25) is 15.1 Å². The number of aliphatic hydroxyl groups is 1. The summed E-state index contributed by atoms with van der Waals surface area (Å²) in [6.45, 7) is 1.99. The van der Waals surface area contributed by atoms with E-state index in [4.69, 9.17) is 34.8 Å². The zero-order valence-corrected chi connectivity index (χ0v) is 13.3. The SMILES string of the molecule is Cc1ccc(CC(O)Cc2ccc(Cl)cc2Cl)c(Cl)c1. The molecule has 2 rings (SSSR count). The minimum absolute atomic E-state index is 0.472. The van der Waals surface area contributed by atoms with Crippen molar-refractivity contribution in [2.24, 2.45) is 0 Å². The molecule has 2 aromatic rings. The van der Waals surface area contributed by atoms with Crippen LogP contribution in [0.5, 0.6) is 0 Å². The van der Waals surface area contributed by atoms with E-state index in [0.29, 0.717) is 27.9 Å². The van der Waals surface area contributed by atoms with Gasteiger partial charge in [0, 0.05) is 27.9 Å². The zero-order valence-electron chi connectivity index (χ0n) is 11.0. The molecule has 0 saturated carbocycles. The van der Waals surface area contributed by atoms with E-state index in [-0.39, 0.29) is 0 Å². The molecule has 0 radical (unpaired) electrons. The van der Waals surface area contributed by atoms with Gasteiger partial charge in [-0.15, -0.1) is 0 Å². The van der Waals surface area contributed by atoms with Crippen LogP contribution >= 0.6 is 34.8 Å². The van der Waals surface area contributed by atoms with Crippen molar-refractivity contribution in [1.29, 1.82) is 0 Å². The molecule has 1 atom stereocenters. The van der Waals surface area contributed by atoms with Gasteiger partial charge < -0.3 is 5.11 Å². The van der Waals surface area contributed by atoms with Crippen molar-refractivity contribution in [3.63, 3.8) is 0 Å². The number of aliphatic hydroxyl groups excluding tert-OH is 1. The predicted molar refractivity (Wildman–Crippen MR) is 86.1 cm³/mol. The number of aryl methyl sites for hydroxylation is 1. The van der Waals surface area contributed by atoms with Crippen molar-refractivity contribution in [2.75, 3.05) is 0 Å². The second-order valence-electron chi connectivity index (χ2n) is 4.89. The highest BCUT2D eigenvalue weighted by Crippen LogP contribution is 2.24. The Kier molecular flexibility index (Phi) is 5.34. The molecule has 0 aliphatic heterocycles. The first-order chi connectivity index (χ1) is 9.45. The molecule has 106 valence electrons. The molecule has 0 aliphatic rings. The number of halogens is 3. The van der Waals surface area contributed by atoms with Crippen LogP contribution in [-0.2, 0) is 12.8 Å². The van der Waals surface area contributed by atoms with E-state index in [9.17, 15) is 5.11 Å². The van der Waals surface area contributed by atoms with Crippen LogP contribution < -0.4 is 0 Å². The van der Waals surface area contributed by atoms with Crippen molar-refractivity contribution < 1.29 is 5.11 Å². The fourth-order valence-electron chi connectivity index (χ4n) is 2.08. The van der Waals surface area contributed by atoms with Crippen LogP contribution in [0.15, 0.2) is 36.4 Å². The summed E-state index contributed by atoms with van der Waals surface area (Å²) in [7, 11) is 0. The van der Waals surface area contributed by atoms with E-state index < -0.39 is 6.10 Å². The summed E-state index contributed by atoms with van der Waals surface area (Å²) >= 11 is 18.1. The Morgan fingerprint density at radius 3 is 2.00 bits per heavy atom. The Hall–Kier alpha value is -0.730. The van der Waals surface area contributed by atoms with Crippen molar-refractivity contribution in [3.8, 4) is 0 Å². The molecule has 1 N–H and O–H groups in total. The van der Waals surface area contributed by atoms with Gasteiger partial charge in [-0.25, -0.2) is 0 Å². The van der Waals surface area contributed by atoms with Gasteiger partial charge in [-0.2, -0.15) is 0 Å². The summed E-state index contributed by atoms with van der Waals surface area (Å²) in [6.07, 6.45) is 0.437. The second-order valence-corrected chi connectivity index (χ2v) is 6.14. The lowest BCUT2D eigenvalue weighted by Crippen LogP contribution is -2.14. The van der Waals surface area contributed by atoms with Gasteiger partial charge in [-0.05, 0) is 41.8 Å². The number of hydrogen-bond acceptors (Lipinski definition) is 1. The Balaban J connectivity index is 2.07. The number of benzene rings is 2. The summed E-state index contributed by atoms with van der Waals surface area (Å²) in [5.74, 6) is 0. The molecular weight excluding hydrogens is 315 g/mol. The van der Waals surface area contributed by atoms with Crippen LogP contribution in [-0.4, -0.2) is 11.2 Å². The van der Waals surface area contributed by atoms with Crippen LogP contribution in [0.25, 0.3) is 0 Å². The lowest BCUT2D eigenvalue weighted by atomic mass is 10.0. The van der Waals surface area contributed by atoms with E-state index in [0.717, 1.165) is 16.7 Å². The fourth-order valence-corrected chi connectivity index (χ4v) is 2.88. The zero-order chi connectivity index (χ0) is 14.7. The van der Waals surface area contributed by atoms with Gasteiger partial charge in [0.2, 0.25) is 0 Å². The van der Waals surface area contributed by atoms with Gasteiger partial charge in [0.05, 0.1) is 6.10 Å². The van der Waals surface area contributed by atoms with Crippen molar-refractivity contribution in [1.82, 2.24) is 0 Å². The van der Waals surface area contributed by atoms with Gasteiger partial charge in [0.1, 0.15) is 0 Å². The third kappa shape index (κ3) is 4.13. The Morgan fingerprint density at radius 2 is 1.45 bits per heavy atom. The molecular formula is C16H15Cl3O. The van der Waals surface area contributed by atoms with E-state index in [1.165, 1.54) is 0 Å². The maximum absolute atomic E-state index is 10.2. The molecule has 1 unspecified atom stereocenters. The quantitative estimate of drug-likeness (QED) is 0.827. The predicted octanol–water partition coefficient (Wildman–Crippen LogP) is 5.10. The Bertz CT molecular complexity index is 557. The minimum atomic E-state index is -0.533. The summed E-state index contributed by atoms with van der Waals surface area (Å²) in [6, 6.07) is 11.1. The lowest BCUT2D eigenvalue weighted by molar-refractivity contribution is 0.175. The third-order valence-electron chi connectivity index (χ3n) is 3.13. The monoisotopic (exact) mass is 328 g/mol. The Labute approximate surface area is 134 Å². The molecule has 0 aromatic heterocycles. The van der Waals surface area contributed by atoms with E-state index >= 15 is 0 Å². The maximum atomic E-state index is 10.2. The van der Waals surface area contributed by atoms with Crippen molar-refractivity contribution in [2.45, 2.75) is 25.9 Å². The normalized spacial score (nSPS) is 12.4. The molecule has 2 aromatic carbocycles. The molecule has 0 amide bonds. The van der Waals surface area contributed by atoms with Gasteiger partial charge in [0.25, 0.3) is 0 Å². The number of rotatable bonds is 4. The molecule has 0 fully saturated rings. The minimum Gasteiger partial charge on any atom is -0.392 e. The van der Waals surface area contributed by atoms with Gasteiger partial charge in [0.15, 0.2) is 0 Å². The molecule has 0 bridgehead atoms. The molecule has 20 heavy (non-hydrogen) atoms. The number of hydrogen-bond donors (Lipinski definition) is 1. The first-order valence-electron chi connectivity index (χ1n) is 6.32. The molecule has 0 spiro atoms. The lowest BCUT2D eigenvalue weighted by Gasteiger charge is -2.13. The molecule has 1 nitrogen and oxygen atoms in total. The maximum Gasteiger partial charge on any atom is 0.0621 e. The van der Waals surface area contributed by atoms with Gasteiger partial charge in [-0.3, -0.25) is 0 Å². The average molecular weight is 330 g/mol. The first kappa shape index (κ1) is 15.7. The second kappa shape index (κ2) is 6.82. The highest BCUT2D eigenvalue weighted by atomic mass is 35.5. The molecule has 4 heteroatoms. The summed E-state index contributed by atoms with van der Waals surface area (Å²) in [5.41, 5.74) is 2.93. The van der Waals surface area contributed by atoms with E-state index in [1.807, 2.05) is 31.2 Å². The van der Waals surface area contributed by atoms with Gasteiger partial charge >= 0.3 is 0 Å². The van der Waals surface area contributed by atoms with Crippen LogP contribution in [0, 0.1) is 6.92 Å². The largest absolute Gasteiger partial charge is 0.392 e. The molecule has 0 aliphatic carbocycles. The highest BCUT2D eigenvalue weighted by Gasteiger charge is 2.12. The van der Waals surface area contributed by atoms with E-state index in [1.54, 1.807) is 12.1 Å². The summed E-state index contributed by atoms with van der Waals surface area (Å²) in [4.78, 5) is 0. The molecule has 0 saturated heterocycles. The standard InChI is InChI=1S/C16H15Cl3O/c1-10-2-3-11(15(18)6-10)7-14(20)8-12-4-5-13(17)9-16(12)19/h2-6,9,14,20H,7-8H2,1H3. The summed E-state index contributed by atoms with van der Waals surface area (Å²) < 4.78 is 0. The van der Waals surface area contributed by atoms with Crippen molar-refractivity contribution in [3.05, 3.63) is 68.2 Å². The smallest absolute Gasteiger partial charge is 0.0621 e. The van der Waals surface area contributed by atoms with E-state index in [2.05, 4.69) is 0 Å². The molecule has 0 heterocycles. The van der Waals surface area contributed by atoms with Gasteiger partial charge in [-0.1, -0.05) is 53.0 Å². The average Bonchev–Trinajstić information content (AvgIpc) is 2.36. The Morgan fingerprint density at radius 1 is 0.900 bits per heavy atom. The topological polar surface area (TPSA) is 20.2 Å². The van der Waals surface area contributed by atoms with Crippen LogP contribution in [0.1, 0.15) is 16.7 Å². The van der Waals surface area contributed by atoms with Crippen LogP contribution in [0.3, 0.4) is 0 Å². The highest BCUT2D eigenvalue weighted by molar-refractivity contribution is 6.35. The van der Waals surface area contributed by atoms with Crippen molar-refractivity contribution >= 4 is 34.8 Å². The summed E-state index contributed by atoms with van der Waals surface area (Å²) in [5, 5.41) is 12.0. The van der Waals surface area contributed by atoms with Crippen LogP contribution in [0.4, 0.5) is 0 Å². The fraction of sp³-hybridized carbons (Fsp3) is 0.250.